The Morgan fingerprint density at radius 1 is 1.09 bits per heavy atom. The average molecular weight is 298 g/mol. The number of nitrogens with zero attached hydrogens (tertiary/aromatic N) is 2. The molecule has 0 saturated heterocycles. The van der Waals surface area contributed by atoms with Crippen molar-refractivity contribution in [3.05, 3.63) is 41.7 Å². The van der Waals surface area contributed by atoms with Gasteiger partial charge in [0, 0.05) is 18.3 Å². The molecule has 2 rings (SSSR count). The standard InChI is InChI=1S/C18H26N4/c1-5-6-11-19-17-12-18(21-14(4)20-17)22-16-10-8-7-9-15(16)13(2)3/h7-10,12-13H,5-6,11H2,1-4H3,(H2,19,20,21,22). The Hall–Kier alpha value is -2.10. The smallest absolute Gasteiger partial charge is 0.136 e. The summed E-state index contributed by atoms with van der Waals surface area (Å²) in [4.78, 5) is 8.94. The van der Waals surface area contributed by atoms with Gasteiger partial charge in [0.15, 0.2) is 0 Å². The summed E-state index contributed by atoms with van der Waals surface area (Å²) in [5.41, 5.74) is 2.40. The molecule has 1 aromatic carbocycles. The summed E-state index contributed by atoms with van der Waals surface area (Å²) < 4.78 is 0. The fourth-order valence-electron chi connectivity index (χ4n) is 2.37. The van der Waals surface area contributed by atoms with Crippen LogP contribution in [-0.4, -0.2) is 16.5 Å². The second-order valence-electron chi connectivity index (χ2n) is 5.83. The normalized spacial score (nSPS) is 10.8. The van der Waals surface area contributed by atoms with Crippen LogP contribution in [0.1, 0.15) is 50.9 Å². The first-order chi connectivity index (χ1) is 10.6. The number of unbranched alkanes of at least 4 members (excludes halogenated alkanes) is 1. The van der Waals surface area contributed by atoms with Crippen LogP contribution < -0.4 is 10.6 Å². The Bertz CT molecular complexity index is 608. The van der Waals surface area contributed by atoms with Crippen molar-refractivity contribution in [2.75, 3.05) is 17.2 Å². The summed E-state index contributed by atoms with van der Waals surface area (Å²) in [6.07, 6.45) is 2.31. The van der Waals surface area contributed by atoms with Gasteiger partial charge in [-0.2, -0.15) is 0 Å². The lowest BCUT2D eigenvalue weighted by atomic mass is 10.0. The molecule has 4 heteroatoms. The zero-order valence-corrected chi connectivity index (χ0v) is 14.0. The third-order valence-corrected chi connectivity index (χ3v) is 3.52. The molecule has 2 N–H and O–H groups in total. The summed E-state index contributed by atoms with van der Waals surface area (Å²) in [7, 11) is 0. The molecule has 0 aliphatic carbocycles. The van der Waals surface area contributed by atoms with Gasteiger partial charge in [-0.15, -0.1) is 0 Å². The lowest BCUT2D eigenvalue weighted by Crippen LogP contribution is -2.06. The monoisotopic (exact) mass is 298 g/mol. The van der Waals surface area contributed by atoms with E-state index in [9.17, 15) is 0 Å². The van der Waals surface area contributed by atoms with Gasteiger partial charge in [-0.3, -0.25) is 0 Å². The summed E-state index contributed by atoms with van der Waals surface area (Å²) in [6.45, 7) is 9.44. The molecule has 2 aromatic rings. The van der Waals surface area contributed by atoms with Gasteiger partial charge < -0.3 is 10.6 Å². The Labute approximate surface area is 133 Å². The van der Waals surface area contributed by atoms with Crippen LogP contribution in [0.4, 0.5) is 17.3 Å². The van der Waals surface area contributed by atoms with Crippen molar-refractivity contribution in [1.82, 2.24) is 9.97 Å². The average Bonchev–Trinajstić information content (AvgIpc) is 2.47. The van der Waals surface area contributed by atoms with E-state index in [1.54, 1.807) is 0 Å². The second kappa shape index (κ2) is 7.78. The van der Waals surface area contributed by atoms with Crippen LogP contribution in [0.3, 0.4) is 0 Å². The molecule has 0 bridgehead atoms. The third-order valence-electron chi connectivity index (χ3n) is 3.52. The maximum atomic E-state index is 4.50. The summed E-state index contributed by atoms with van der Waals surface area (Å²) in [6, 6.07) is 10.3. The number of rotatable bonds is 7. The second-order valence-corrected chi connectivity index (χ2v) is 5.83. The number of para-hydroxylation sites is 1. The summed E-state index contributed by atoms with van der Waals surface area (Å²) >= 11 is 0. The molecule has 0 spiro atoms. The van der Waals surface area contributed by atoms with E-state index in [4.69, 9.17) is 0 Å². The van der Waals surface area contributed by atoms with Gasteiger partial charge in [0.1, 0.15) is 17.5 Å². The van der Waals surface area contributed by atoms with E-state index in [0.29, 0.717) is 5.92 Å². The van der Waals surface area contributed by atoms with Crippen LogP contribution in [0, 0.1) is 6.92 Å². The Balaban J connectivity index is 2.19. The Morgan fingerprint density at radius 3 is 2.55 bits per heavy atom. The van der Waals surface area contributed by atoms with Crippen LogP contribution >= 0.6 is 0 Å². The van der Waals surface area contributed by atoms with Gasteiger partial charge in [-0.1, -0.05) is 45.4 Å². The van der Waals surface area contributed by atoms with Crippen molar-refractivity contribution in [2.45, 2.75) is 46.5 Å². The molecule has 22 heavy (non-hydrogen) atoms. The van der Waals surface area contributed by atoms with Crippen molar-refractivity contribution in [1.29, 1.82) is 0 Å². The number of aryl methyl sites for hydroxylation is 1. The summed E-state index contributed by atoms with van der Waals surface area (Å²) in [5.74, 6) is 2.95. The van der Waals surface area contributed by atoms with Crippen LogP contribution in [0.2, 0.25) is 0 Å². The fourth-order valence-corrected chi connectivity index (χ4v) is 2.37. The molecule has 0 unspecified atom stereocenters. The van der Waals surface area contributed by atoms with Gasteiger partial charge in [-0.25, -0.2) is 9.97 Å². The van der Waals surface area contributed by atoms with Crippen LogP contribution in [0.15, 0.2) is 30.3 Å². The lowest BCUT2D eigenvalue weighted by molar-refractivity contribution is 0.829. The van der Waals surface area contributed by atoms with Gasteiger partial charge in [-0.05, 0) is 30.9 Å². The van der Waals surface area contributed by atoms with E-state index in [0.717, 1.165) is 36.1 Å². The number of aromatic nitrogens is 2. The van der Waals surface area contributed by atoms with Crippen molar-refractivity contribution in [2.24, 2.45) is 0 Å². The number of nitrogens with one attached hydrogen (secondary N) is 2. The van der Waals surface area contributed by atoms with Crippen LogP contribution in [-0.2, 0) is 0 Å². The topological polar surface area (TPSA) is 49.8 Å². The van der Waals surface area contributed by atoms with E-state index >= 15 is 0 Å². The van der Waals surface area contributed by atoms with E-state index in [-0.39, 0.29) is 0 Å². The highest BCUT2D eigenvalue weighted by molar-refractivity contribution is 5.63. The minimum atomic E-state index is 0.466. The van der Waals surface area contributed by atoms with Gasteiger partial charge >= 0.3 is 0 Å². The van der Waals surface area contributed by atoms with Crippen LogP contribution in [0.25, 0.3) is 0 Å². The SMILES string of the molecule is CCCCNc1cc(Nc2ccccc2C(C)C)nc(C)n1. The van der Waals surface area contributed by atoms with Crippen molar-refractivity contribution in [3.8, 4) is 0 Å². The highest BCUT2D eigenvalue weighted by Crippen LogP contribution is 2.26. The van der Waals surface area contributed by atoms with E-state index < -0.39 is 0 Å². The van der Waals surface area contributed by atoms with E-state index in [2.05, 4.69) is 59.6 Å². The molecule has 1 heterocycles. The van der Waals surface area contributed by atoms with Crippen molar-refractivity contribution in [3.63, 3.8) is 0 Å². The molecule has 0 saturated carbocycles. The molecule has 0 amide bonds. The number of benzene rings is 1. The minimum Gasteiger partial charge on any atom is -0.370 e. The van der Waals surface area contributed by atoms with E-state index in [1.165, 1.54) is 12.0 Å². The highest BCUT2D eigenvalue weighted by atomic mass is 15.1. The molecule has 0 radical (unpaired) electrons. The summed E-state index contributed by atoms with van der Waals surface area (Å²) in [5, 5.41) is 6.79. The molecule has 4 nitrogen and oxygen atoms in total. The Morgan fingerprint density at radius 2 is 1.82 bits per heavy atom. The molecular formula is C18H26N4. The Kier molecular flexibility index (Phi) is 5.75. The lowest BCUT2D eigenvalue weighted by Gasteiger charge is -2.15. The molecule has 1 aromatic heterocycles. The maximum Gasteiger partial charge on any atom is 0.136 e. The van der Waals surface area contributed by atoms with Crippen LogP contribution in [0.5, 0.6) is 0 Å². The largest absolute Gasteiger partial charge is 0.370 e. The number of hydrogen-bond donors (Lipinski definition) is 2. The zero-order valence-electron chi connectivity index (χ0n) is 14.0. The molecule has 0 aliphatic rings. The molecule has 118 valence electrons. The predicted molar refractivity (Wildman–Crippen MR) is 94.0 cm³/mol. The van der Waals surface area contributed by atoms with Crippen molar-refractivity contribution < 1.29 is 0 Å². The minimum absolute atomic E-state index is 0.466. The number of anilines is 3. The predicted octanol–water partition coefficient (Wildman–Crippen LogP) is 4.86. The first kappa shape index (κ1) is 16.3. The molecule has 0 fully saturated rings. The first-order valence-corrected chi connectivity index (χ1v) is 8.05. The maximum absolute atomic E-state index is 4.50. The quantitative estimate of drug-likeness (QED) is 0.716. The first-order valence-electron chi connectivity index (χ1n) is 8.05. The third kappa shape index (κ3) is 4.45. The highest BCUT2D eigenvalue weighted by Gasteiger charge is 2.08. The molecule has 0 atom stereocenters. The fraction of sp³-hybridized carbons (Fsp3) is 0.444. The van der Waals surface area contributed by atoms with Gasteiger partial charge in [0.05, 0.1) is 0 Å². The van der Waals surface area contributed by atoms with Gasteiger partial charge in [0.25, 0.3) is 0 Å². The molecule has 0 aliphatic heterocycles. The van der Waals surface area contributed by atoms with Crippen molar-refractivity contribution >= 4 is 17.3 Å². The van der Waals surface area contributed by atoms with Gasteiger partial charge in [0.2, 0.25) is 0 Å². The van der Waals surface area contributed by atoms with E-state index in [1.807, 2.05) is 19.1 Å². The number of hydrogen-bond acceptors (Lipinski definition) is 4. The zero-order chi connectivity index (χ0) is 15.9. The molecular weight excluding hydrogens is 272 g/mol.